The molecule has 0 aliphatic carbocycles. The third-order valence-electron chi connectivity index (χ3n) is 5.15. The Bertz CT molecular complexity index is 790. The van der Waals surface area contributed by atoms with Crippen molar-refractivity contribution in [2.24, 2.45) is 11.8 Å². The van der Waals surface area contributed by atoms with E-state index in [1.165, 1.54) is 13.1 Å². The molecule has 1 N–H and O–H groups in total. The van der Waals surface area contributed by atoms with Crippen molar-refractivity contribution in [1.29, 1.82) is 0 Å². The Hall–Kier alpha value is -2.84. The molecule has 2 aliphatic heterocycles. The van der Waals surface area contributed by atoms with Gasteiger partial charge in [0, 0.05) is 56.8 Å². The molecule has 9 nitrogen and oxygen atoms in total. The summed E-state index contributed by atoms with van der Waals surface area (Å²) in [7, 11) is 1.45. The standard InChI is InChI=1S/C19H26N4O5/c1-19(2,3)28-18(25)22-10-12-8-21(9-13(12)11-22)14-5-6-16(23(26)27)15(7-14)17(24)20-4/h5-7,12-13H,8-11H2,1-4H3,(H,20,24). The Labute approximate surface area is 163 Å². The highest BCUT2D eigenvalue weighted by Gasteiger charge is 2.43. The summed E-state index contributed by atoms with van der Waals surface area (Å²) in [4.78, 5) is 38.8. The molecule has 1 aromatic rings. The molecule has 0 spiro atoms. The molecular formula is C19H26N4O5. The van der Waals surface area contributed by atoms with Gasteiger partial charge in [-0.25, -0.2) is 4.79 Å². The smallest absolute Gasteiger partial charge is 0.410 e. The topological polar surface area (TPSA) is 105 Å². The maximum Gasteiger partial charge on any atom is 0.410 e. The predicted octanol–water partition coefficient (Wildman–Crippen LogP) is 2.26. The summed E-state index contributed by atoms with van der Waals surface area (Å²) in [5, 5.41) is 13.6. The average molecular weight is 390 g/mol. The van der Waals surface area contributed by atoms with E-state index < -0.39 is 16.4 Å². The van der Waals surface area contributed by atoms with Gasteiger partial charge in [0.05, 0.1) is 4.92 Å². The molecule has 2 heterocycles. The molecule has 28 heavy (non-hydrogen) atoms. The van der Waals surface area contributed by atoms with E-state index in [2.05, 4.69) is 10.2 Å². The van der Waals surface area contributed by atoms with Gasteiger partial charge < -0.3 is 19.9 Å². The van der Waals surface area contributed by atoms with E-state index in [-0.39, 0.29) is 17.3 Å². The van der Waals surface area contributed by atoms with E-state index in [1.807, 2.05) is 20.8 Å². The van der Waals surface area contributed by atoms with Crippen LogP contribution < -0.4 is 10.2 Å². The van der Waals surface area contributed by atoms with Crippen molar-refractivity contribution >= 4 is 23.4 Å². The fourth-order valence-corrected chi connectivity index (χ4v) is 3.88. The normalized spacial score (nSPS) is 21.4. The second kappa shape index (κ2) is 7.29. The van der Waals surface area contributed by atoms with Crippen molar-refractivity contribution in [3.8, 4) is 0 Å². The van der Waals surface area contributed by atoms with Gasteiger partial charge in [0.2, 0.25) is 0 Å². The second-order valence-corrected chi connectivity index (χ2v) is 8.35. The zero-order valence-electron chi connectivity index (χ0n) is 16.6. The van der Waals surface area contributed by atoms with Gasteiger partial charge in [-0.3, -0.25) is 14.9 Å². The van der Waals surface area contributed by atoms with Crippen molar-refractivity contribution in [2.45, 2.75) is 26.4 Å². The largest absolute Gasteiger partial charge is 0.444 e. The molecule has 1 aromatic carbocycles. The van der Waals surface area contributed by atoms with Crippen LogP contribution in [0, 0.1) is 22.0 Å². The number of carbonyl (C=O) groups is 2. The molecule has 3 rings (SSSR count). The maximum absolute atomic E-state index is 12.3. The van der Waals surface area contributed by atoms with Crippen LogP contribution in [0.5, 0.6) is 0 Å². The number of nitrogens with one attached hydrogen (secondary N) is 1. The minimum atomic E-state index is -0.550. The molecule has 2 aliphatic rings. The SMILES string of the molecule is CNC(=O)c1cc(N2CC3CN(C(=O)OC(C)(C)C)CC3C2)ccc1[N+](=O)[O-]. The summed E-state index contributed by atoms with van der Waals surface area (Å²) >= 11 is 0. The minimum Gasteiger partial charge on any atom is -0.444 e. The fourth-order valence-electron chi connectivity index (χ4n) is 3.88. The number of hydrogen-bond donors (Lipinski definition) is 1. The Morgan fingerprint density at radius 1 is 1.18 bits per heavy atom. The number of hydrogen-bond acceptors (Lipinski definition) is 6. The third-order valence-corrected chi connectivity index (χ3v) is 5.15. The maximum atomic E-state index is 12.3. The molecule has 2 fully saturated rings. The first kappa shape index (κ1) is 19.9. The predicted molar refractivity (Wildman–Crippen MR) is 103 cm³/mol. The van der Waals surface area contributed by atoms with Gasteiger partial charge in [0.15, 0.2) is 0 Å². The number of carbonyl (C=O) groups excluding carboxylic acids is 2. The lowest BCUT2D eigenvalue weighted by Crippen LogP contribution is -2.37. The molecular weight excluding hydrogens is 364 g/mol. The first-order valence-electron chi connectivity index (χ1n) is 9.32. The Morgan fingerprint density at radius 3 is 2.29 bits per heavy atom. The van der Waals surface area contributed by atoms with Gasteiger partial charge in [-0.2, -0.15) is 0 Å². The van der Waals surface area contributed by atoms with Crippen molar-refractivity contribution in [3.05, 3.63) is 33.9 Å². The molecule has 0 radical (unpaired) electrons. The number of nitrogens with zero attached hydrogens (tertiary/aromatic N) is 3. The molecule has 2 atom stereocenters. The van der Waals surface area contributed by atoms with Crippen LogP contribution in [0.4, 0.5) is 16.2 Å². The van der Waals surface area contributed by atoms with Crippen molar-refractivity contribution in [3.63, 3.8) is 0 Å². The number of nitro benzene ring substituents is 1. The van der Waals surface area contributed by atoms with E-state index in [4.69, 9.17) is 4.74 Å². The Balaban J connectivity index is 1.70. The van der Waals surface area contributed by atoms with E-state index in [9.17, 15) is 19.7 Å². The first-order chi connectivity index (χ1) is 13.1. The van der Waals surface area contributed by atoms with E-state index in [0.717, 1.165) is 18.8 Å². The highest BCUT2D eigenvalue weighted by Crippen LogP contribution is 2.36. The van der Waals surface area contributed by atoms with Gasteiger partial charge in [0.1, 0.15) is 11.2 Å². The summed E-state index contributed by atoms with van der Waals surface area (Å²) in [5.74, 6) is 0.140. The van der Waals surface area contributed by atoms with Crippen LogP contribution in [-0.4, -0.2) is 60.7 Å². The van der Waals surface area contributed by atoms with Gasteiger partial charge in [-0.1, -0.05) is 0 Å². The number of fused-ring (bicyclic) bond motifs is 1. The number of nitro groups is 1. The summed E-state index contributed by atoms with van der Waals surface area (Å²) in [6.45, 7) is 8.27. The third kappa shape index (κ3) is 4.02. The highest BCUT2D eigenvalue weighted by atomic mass is 16.6. The first-order valence-corrected chi connectivity index (χ1v) is 9.32. The molecule has 0 aromatic heterocycles. The lowest BCUT2D eigenvalue weighted by molar-refractivity contribution is -0.385. The highest BCUT2D eigenvalue weighted by molar-refractivity contribution is 5.99. The Kier molecular flexibility index (Phi) is 5.18. The second-order valence-electron chi connectivity index (χ2n) is 8.35. The number of benzene rings is 1. The molecule has 2 amide bonds. The molecule has 9 heteroatoms. The number of rotatable bonds is 3. The minimum absolute atomic E-state index is 0.0532. The van der Waals surface area contributed by atoms with Crippen LogP contribution in [0.3, 0.4) is 0 Å². The van der Waals surface area contributed by atoms with Crippen LogP contribution in [0.25, 0.3) is 0 Å². The van der Waals surface area contributed by atoms with E-state index >= 15 is 0 Å². The quantitative estimate of drug-likeness (QED) is 0.627. The summed E-state index contributed by atoms with van der Waals surface area (Å²) in [5.41, 5.74) is 0.106. The van der Waals surface area contributed by atoms with Crippen molar-refractivity contribution in [2.75, 3.05) is 38.1 Å². The molecule has 2 saturated heterocycles. The van der Waals surface area contributed by atoms with Gasteiger partial charge in [-0.15, -0.1) is 0 Å². The van der Waals surface area contributed by atoms with Crippen LogP contribution in [-0.2, 0) is 4.74 Å². The van der Waals surface area contributed by atoms with Gasteiger partial charge in [0.25, 0.3) is 11.6 Å². The summed E-state index contributed by atoms with van der Waals surface area (Å²) in [6, 6.07) is 4.63. The summed E-state index contributed by atoms with van der Waals surface area (Å²) in [6.07, 6.45) is -0.286. The fraction of sp³-hybridized carbons (Fsp3) is 0.579. The molecule has 2 unspecified atom stereocenters. The van der Waals surface area contributed by atoms with Crippen LogP contribution in [0.2, 0.25) is 0 Å². The lowest BCUT2D eigenvalue weighted by Gasteiger charge is -2.26. The van der Waals surface area contributed by atoms with E-state index in [1.54, 1.807) is 17.0 Å². The van der Waals surface area contributed by atoms with Crippen molar-refractivity contribution < 1.29 is 19.2 Å². The number of likely N-dealkylation sites (tertiary alicyclic amines) is 1. The van der Waals surface area contributed by atoms with Crippen LogP contribution in [0.15, 0.2) is 18.2 Å². The van der Waals surface area contributed by atoms with E-state index in [0.29, 0.717) is 24.9 Å². The van der Waals surface area contributed by atoms with Crippen LogP contribution >= 0.6 is 0 Å². The zero-order chi connectivity index (χ0) is 20.6. The number of anilines is 1. The lowest BCUT2D eigenvalue weighted by atomic mass is 10.0. The number of ether oxygens (including phenoxy) is 1. The summed E-state index contributed by atoms with van der Waals surface area (Å²) < 4.78 is 5.45. The van der Waals surface area contributed by atoms with Crippen LogP contribution in [0.1, 0.15) is 31.1 Å². The zero-order valence-corrected chi connectivity index (χ0v) is 16.6. The van der Waals surface area contributed by atoms with Gasteiger partial charge in [-0.05, 0) is 32.9 Å². The Morgan fingerprint density at radius 2 is 1.79 bits per heavy atom. The monoisotopic (exact) mass is 390 g/mol. The molecule has 0 bridgehead atoms. The molecule has 152 valence electrons. The van der Waals surface area contributed by atoms with Crippen molar-refractivity contribution in [1.82, 2.24) is 10.2 Å². The average Bonchev–Trinajstić information content (AvgIpc) is 3.18. The molecule has 0 saturated carbocycles. The van der Waals surface area contributed by atoms with Gasteiger partial charge >= 0.3 is 6.09 Å². The number of amides is 2.